The Labute approximate surface area is 153 Å². The van der Waals surface area contributed by atoms with Crippen molar-refractivity contribution >= 4 is 21.6 Å². The van der Waals surface area contributed by atoms with E-state index in [0.717, 1.165) is 12.8 Å². The van der Waals surface area contributed by atoms with Gasteiger partial charge >= 0.3 is 0 Å². The van der Waals surface area contributed by atoms with E-state index in [0.29, 0.717) is 25.9 Å². The van der Waals surface area contributed by atoms with Crippen molar-refractivity contribution in [3.63, 3.8) is 0 Å². The van der Waals surface area contributed by atoms with Crippen LogP contribution in [-0.2, 0) is 14.8 Å². The van der Waals surface area contributed by atoms with Crippen LogP contribution in [0.5, 0.6) is 0 Å². The molecule has 0 saturated carbocycles. The molecule has 1 aliphatic heterocycles. The molecule has 0 aliphatic carbocycles. The zero-order valence-electron chi connectivity index (χ0n) is 15.1. The largest absolute Gasteiger partial charge is 0.353 e. The first-order chi connectivity index (χ1) is 12.3. The van der Waals surface area contributed by atoms with E-state index in [1.54, 1.807) is 0 Å². The first-order valence-corrected chi connectivity index (χ1v) is 10.3. The molecule has 1 N–H and O–H groups in total. The standard InChI is InChI=1S/C17H25N3O5S/c1-3-13(4-2)17(21)18-14-9-11-19(12-10-14)26(24,25)16-7-5-15(6-8-16)20(22)23/h5-8,13-14H,3-4,9-12H2,1-2H3,(H,18,21). The highest BCUT2D eigenvalue weighted by Gasteiger charge is 2.30. The van der Waals surface area contributed by atoms with E-state index >= 15 is 0 Å². The summed E-state index contributed by atoms with van der Waals surface area (Å²) in [6, 6.07) is 4.87. The van der Waals surface area contributed by atoms with Crippen LogP contribution in [0.1, 0.15) is 39.5 Å². The van der Waals surface area contributed by atoms with Crippen LogP contribution >= 0.6 is 0 Å². The summed E-state index contributed by atoms with van der Waals surface area (Å²) in [7, 11) is -3.68. The van der Waals surface area contributed by atoms with Gasteiger partial charge in [-0.1, -0.05) is 13.8 Å². The normalized spacial score (nSPS) is 16.6. The summed E-state index contributed by atoms with van der Waals surface area (Å²) in [5.41, 5.74) is -0.147. The maximum atomic E-state index is 12.7. The zero-order chi connectivity index (χ0) is 19.3. The number of benzene rings is 1. The molecule has 1 aliphatic rings. The Bertz CT molecular complexity index is 736. The van der Waals surface area contributed by atoms with Crippen molar-refractivity contribution in [2.45, 2.75) is 50.5 Å². The summed E-state index contributed by atoms with van der Waals surface area (Å²) in [4.78, 5) is 22.3. The van der Waals surface area contributed by atoms with E-state index < -0.39 is 14.9 Å². The minimum absolute atomic E-state index is 0.00290. The van der Waals surface area contributed by atoms with Crippen molar-refractivity contribution < 1.29 is 18.1 Å². The third kappa shape index (κ3) is 4.59. The maximum Gasteiger partial charge on any atom is 0.269 e. The Balaban J connectivity index is 1.98. The number of nitro groups is 1. The molecule has 9 heteroatoms. The monoisotopic (exact) mass is 383 g/mol. The van der Waals surface area contributed by atoms with Gasteiger partial charge in [0.05, 0.1) is 9.82 Å². The van der Waals surface area contributed by atoms with Gasteiger partial charge in [-0.3, -0.25) is 14.9 Å². The van der Waals surface area contributed by atoms with E-state index in [1.165, 1.54) is 28.6 Å². The second-order valence-corrected chi connectivity index (χ2v) is 8.39. The maximum absolute atomic E-state index is 12.7. The first-order valence-electron chi connectivity index (χ1n) is 8.84. The van der Waals surface area contributed by atoms with E-state index in [-0.39, 0.29) is 28.4 Å². The number of nitrogens with zero attached hydrogens (tertiary/aromatic N) is 2. The van der Waals surface area contributed by atoms with Gasteiger partial charge in [0.25, 0.3) is 5.69 Å². The average molecular weight is 383 g/mol. The summed E-state index contributed by atoms with van der Waals surface area (Å²) in [5.74, 6) is 0.0311. The van der Waals surface area contributed by atoms with Gasteiger partial charge in [0, 0.05) is 37.2 Å². The van der Waals surface area contributed by atoms with Gasteiger partial charge in [-0.2, -0.15) is 4.31 Å². The van der Waals surface area contributed by atoms with Crippen molar-refractivity contribution in [3.05, 3.63) is 34.4 Å². The highest BCUT2D eigenvalue weighted by Crippen LogP contribution is 2.23. The highest BCUT2D eigenvalue weighted by atomic mass is 32.2. The number of rotatable bonds is 7. The summed E-state index contributed by atoms with van der Waals surface area (Å²) in [6.45, 7) is 4.58. The van der Waals surface area contributed by atoms with Crippen LogP contribution in [0.4, 0.5) is 5.69 Å². The van der Waals surface area contributed by atoms with E-state index in [9.17, 15) is 23.3 Å². The van der Waals surface area contributed by atoms with E-state index in [4.69, 9.17) is 0 Å². The van der Waals surface area contributed by atoms with E-state index in [1.807, 2.05) is 13.8 Å². The molecule has 1 aromatic rings. The molecule has 0 spiro atoms. The van der Waals surface area contributed by atoms with Gasteiger partial charge in [-0.15, -0.1) is 0 Å². The first kappa shape index (κ1) is 20.3. The predicted molar refractivity (Wildman–Crippen MR) is 97.1 cm³/mol. The fraction of sp³-hybridized carbons (Fsp3) is 0.588. The third-order valence-electron chi connectivity index (χ3n) is 4.84. The van der Waals surface area contributed by atoms with Crippen LogP contribution in [0, 0.1) is 16.0 Å². The molecule has 1 amide bonds. The van der Waals surface area contributed by atoms with Crippen LogP contribution in [0.2, 0.25) is 0 Å². The second kappa shape index (κ2) is 8.59. The highest BCUT2D eigenvalue weighted by molar-refractivity contribution is 7.89. The Kier molecular flexibility index (Phi) is 6.71. The number of nitrogens with one attached hydrogen (secondary N) is 1. The third-order valence-corrected chi connectivity index (χ3v) is 6.75. The van der Waals surface area contributed by atoms with Crippen LogP contribution in [0.3, 0.4) is 0 Å². The Morgan fingerprint density at radius 2 is 1.77 bits per heavy atom. The lowest BCUT2D eigenvalue weighted by Crippen LogP contribution is -2.47. The molecule has 0 unspecified atom stereocenters. The Morgan fingerprint density at radius 3 is 2.23 bits per heavy atom. The number of sulfonamides is 1. The molecule has 2 rings (SSSR count). The minimum Gasteiger partial charge on any atom is -0.353 e. The van der Waals surface area contributed by atoms with Crippen molar-refractivity contribution in [1.29, 1.82) is 0 Å². The van der Waals surface area contributed by atoms with Crippen LogP contribution < -0.4 is 5.32 Å². The second-order valence-electron chi connectivity index (χ2n) is 6.45. The van der Waals surface area contributed by atoms with Crippen LogP contribution in [0.25, 0.3) is 0 Å². The van der Waals surface area contributed by atoms with Crippen molar-refractivity contribution in [1.82, 2.24) is 9.62 Å². The quantitative estimate of drug-likeness (QED) is 0.574. The molecule has 0 aromatic heterocycles. The number of nitro benzene ring substituents is 1. The molecule has 0 bridgehead atoms. The molecule has 1 aromatic carbocycles. The molecule has 0 atom stereocenters. The fourth-order valence-corrected chi connectivity index (χ4v) is 4.58. The lowest BCUT2D eigenvalue weighted by atomic mass is 10.0. The molecule has 1 saturated heterocycles. The Morgan fingerprint density at radius 1 is 1.23 bits per heavy atom. The topological polar surface area (TPSA) is 110 Å². The number of hydrogen-bond acceptors (Lipinski definition) is 5. The lowest BCUT2D eigenvalue weighted by molar-refractivity contribution is -0.384. The van der Waals surface area contributed by atoms with Gasteiger partial charge in [0.1, 0.15) is 0 Å². The van der Waals surface area contributed by atoms with Crippen molar-refractivity contribution in [3.8, 4) is 0 Å². The molecule has 1 fully saturated rings. The molecular weight excluding hydrogens is 358 g/mol. The molecule has 1 heterocycles. The summed E-state index contributed by atoms with van der Waals surface area (Å²) in [5, 5.41) is 13.7. The molecule has 144 valence electrons. The number of carbonyl (C=O) groups excluding carboxylic acids is 1. The van der Waals surface area contributed by atoms with E-state index in [2.05, 4.69) is 5.32 Å². The smallest absolute Gasteiger partial charge is 0.269 e. The number of carbonyl (C=O) groups is 1. The van der Waals surface area contributed by atoms with Crippen LogP contribution in [-0.4, -0.2) is 42.7 Å². The molecule has 0 radical (unpaired) electrons. The fourth-order valence-electron chi connectivity index (χ4n) is 3.11. The van der Waals surface area contributed by atoms with Gasteiger partial charge in [-0.05, 0) is 37.8 Å². The number of piperidine rings is 1. The van der Waals surface area contributed by atoms with Gasteiger partial charge < -0.3 is 5.32 Å². The summed E-state index contributed by atoms with van der Waals surface area (Å²) in [6.07, 6.45) is 2.68. The van der Waals surface area contributed by atoms with Gasteiger partial charge in [0.2, 0.25) is 15.9 Å². The van der Waals surface area contributed by atoms with Crippen molar-refractivity contribution in [2.75, 3.05) is 13.1 Å². The number of non-ortho nitro benzene ring substituents is 1. The number of hydrogen-bond donors (Lipinski definition) is 1. The van der Waals surface area contributed by atoms with Crippen molar-refractivity contribution in [2.24, 2.45) is 5.92 Å². The predicted octanol–water partition coefficient (Wildman–Crippen LogP) is 2.30. The molecular formula is C17H25N3O5S. The SMILES string of the molecule is CCC(CC)C(=O)NC1CCN(S(=O)(=O)c2ccc([N+](=O)[O-])cc2)CC1. The minimum atomic E-state index is -3.68. The lowest BCUT2D eigenvalue weighted by Gasteiger charge is -2.32. The van der Waals surface area contributed by atoms with Gasteiger partial charge in [0.15, 0.2) is 0 Å². The summed E-state index contributed by atoms with van der Waals surface area (Å²) < 4.78 is 26.7. The van der Waals surface area contributed by atoms with Gasteiger partial charge in [-0.25, -0.2) is 8.42 Å². The zero-order valence-corrected chi connectivity index (χ0v) is 15.9. The summed E-state index contributed by atoms with van der Waals surface area (Å²) >= 11 is 0. The average Bonchev–Trinajstić information content (AvgIpc) is 2.63. The molecule has 8 nitrogen and oxygen atoms in total. The number of amides is 1. The van der Waals surface area contributed by atoms with Crippen LogP contribution in [0.15, 0.2) is 29.2 Å². The Hall–Kier alpha value is -2.00. The molecule has 26 heavy (non-hydrogen) atoms.